The predicted molar refractivity (Wildman–Crippen MR) is 59.4 cm³/mol. The molecule has 80 valence electrons. The average molecular weight is 214 g/mol. The molecule has 0 aliphatic rings. The van der Waals surface area contributed by atoms with Crippen LogP contribution in [0, 0.1) is 6.92 Å². The fraction of sp³-hybridized carbons (Fsp3) is 0.200. The van der Waals surface area contributed by atoms with Crippen molar-refractivity contribution in [3.05, 3.63) is 46.2 Å². The Morgan fingerprint density at radius 3 is 2.88 bits per heavy atom. The fourth-order valence-corrected chi connectivity index (χ4v) is 1.50. The summed E-state index contributed by atoms with van der Waals surface area (Å²) in [4.78, 5) is 6.71. The topological polar surface area (TPSA) is 90.3 Å². The number of pyridine rings is 1. The van der Waals surface area contributed by atoms with Crippen molar-refractivity contribution in [1.82, 2.24) is 15.2 Å². The molecule has 0 aliphatic carbocycles. The minimum Gasteiger partial charge on any atom is -0.282 e. The van der Waals surface area contributed by atoms with E-state index in [1.54, 1.807) is 12.4 Å². The number of nitrogens with zero attached hydrogens (tertiary/aromatic N) is 5. The maximum Gasteiger partial charge on any atom is 0.0957 e. The molecule has 1 N–H and O–H groups in total. The quantitative estimate of drug-likeness (QED) is 0.483. The molecule has 0 radical (unpaired) electrons. The van der Waals surface area contributed by atoms with Crippen molar-refractivity contribution in [2.45, 2.75) is 13.5 Å². The molecule has 2 rings (SSSR count). The molecule has 0 aliphatic heterocycles. The maximum absolute atomic E-state index is 8.34. The summed E-state index contributed by atoms with van der Waals surface area (Å²) in [6, 6.07) is 3.74. The van der Waals surface area contributed by atoms with Crippen molar-refractivity contribution in [3.63, 3.8) is 0 Å². The largest absolute Gasteiger partial charge is 0.282 e. The van der Waals surface area contributed by atoms with Gasteiger partial charge < -0.3 is 0 Å². The first-order valence-corrected chi connectivity index (χ1v) is 4.78. The zero-order valence-corrected chi connectivity index (χ0v) is 8.75. The molecule has 0 fully saturated rings. The Morgan fingerprint density at radius 2 is 2.19 bits per heavy atom. The van der Waals surface area contributed by atoms with Gasteiger partial charge in [-0.3, -0.25) is 10.1 Å². The lowest BCUT2D eigenvalue weighted by Crippen LogP contribution is -1.87. The number of aryl methyl sites for hydroxylation is 1. The Hall–Kier alpha value is -2.33. The van der Waals surface area contributed by atoms with Gasteiger partial charge in [0.1, 0.15) is 0 Å². The Balaban J connectivity index is 2.45. The molecular formula is C10H10N6. The van der Waals surface area contributed by atoms with Crippen molar-refractivity contribution in [2.24, 2.45) is 5.11 Å². The number of aromatic amines is 1. The summed E-state index contributed by atoms with van der Waals surface area (Å²) in [5, 5.41) is 10.7. The summed E-state index contributed by atoms with van der Waals surface area (Å²) >= 11 is 0. The highest BCUT2D eigenvalue weighted by Crippen LogP contribution is 2.23. The first-order chi connectivity index (χ1) is 7.83. The summed E-state index contributed by atoms with van der Waals surface area (Å²) in [6.07, 6.45) is 3.41. The third-order valence-electron chi connectivity index (χ3n) is 2.32. The van der Waals surface area contributed by atoms with E-state index in [4.69, 9.17) is 5.53 Å². The van der Waals surface area contributed by atoms with Crippen LogP contribution in [-0.4, -0.2) is 15.2 Å². The Morgan fingerprint density at radius 1 is 1.44 bits per heavy atom. The lowest BCUT2D eigenvalue weighted by molar-refractivity contribution is 1.01. The van der Waals surface area contributed by atoms with E-state index in [2.05, 4.69) is 25.2 Å². The number of hydrogen-bond donors (Lipinski definition) is 1. The van der Waals surface area contributed by atoms with Crippen LogP contribution in [0.4, 0.5) is 0 Å². The number of azide groups is 1. The Kier molecular flexibility index (Phi) is 2.84. The molecular weight excluding hydrogens is 204 g/mol. The second kappa shape index (κ2) is 4.46. The van der Waals surface area contributed by atoms with E-state index >= 15 is 0 Å². The first-order valence-electron chi connectivity index (χ1n) is 4.78. The SMILES string of the molecule is Cc1[nH]nc(-c2ccncc2)c1CN=[N+]=[N-]. The molecule has 0 bridgehead atoms. The van der Waals surface area contributed by atoms with Crippen LogP contribution in [0.1, 0.15) is 11.3 Å². The van der Waals surface area contributed by atoms with Gasteiger partial charge >= 0.3 is 0 Å². The van der Waals surface area contributed by atoms with Gasteiger partial charge in [-0.1, -0.05) is 5.11 Å². The van der Waals surface area contributed by atoms with Crippen LogP contribution < -0.4 is 0 Å². The first kappa shape index (κ1) is 10.2. The average Bonchev–Trinajstić information content (AvgIpc) is 2.69. The van der Waals surface area contributed by atoms with E-state index in [9.17, 15) is 0 Å². The summed E-state index contributed by atoms with van der Waals surface area (Å²) in [5.41, 5.74) is 11.9. The smallest absolute Gasteiger partial charge is 0.0957 e. The van der Waals surface area contributed by atoms with Crippen LogP contribution in [0.2, 0.25) is 0 Å². The van der Waals surface area contributed by atoms with E-state index < -0.39 is 0 Å². The van der Waals surface area contributed by atoms with Crippen LogP contribution in [0.3, 0.4) is 0 Å². The number of rotatable bonds is 3. The number of aromatic nitrogens is 3. The summed E-state index contributed by atoms with van der Waals surface area (Å²) < 4.78 is 0. The normalized spacial score (nSPS) is 9.81. The number of H-pyrrole nitrogens is 1. The molecule has 0 saturated carbocycles. The van der Waals surface area contributed by atoms with Crippen LogP contribution in [0.15, 0.2) is 29.6 Å². The molecule has 0 aromatic carbocycles. The second-order valence-corrected chi connectivity index (χ2v) is 3.30. The van der Waals surface area contributed by atoms with Crippen molar-refractivity contribution < 1.29 is 0 Å². The van der Waals surface area contributed by atoms with Gasteiger partial charge in [0.2, 0.25) is 0 Å². The number of hydrogen-bond acceptors (Lipinski definition) is 3. The van der Waals surface area contributed by atoms with E-state index in [0.29, 0.717) is 6.54 Å². The molecule has 2 heterocycles. The van der Waals surface area contributed by atoms with Crippen molar-refractivity contribution in [1.29, 1.82) is 0 Å². The lowest BCUT2D eigenvalue weighted by Gasteiger charge is -1.99. The minimum atomic E-state index is 0.302. The highest BCUT2D eigenvalue weighted by atomic mass is 15.2. The van der Waals surface area contributed by atoms with Crippen molar-refractivity contribution in [3.8, 4) is 11.3 Å². The van der Waals surface area contributed by atoms with E-state index in [-0.39, 0.29) is 0 Å². The lowest BCUT2D eigenvalue weighted by atomic mass is 10.1. The van der Waals surface area contributed by atoms with E-state index in [1.165, 1.54) is 0 Å². The molecule has 0 saturated heterocycles. The van der Waals surface area contributed by atoms with Gasteiger partial charge in [0, 0.05) is 34.1 Å². The number of nitrogens with one attached hydrogen (secondary N) is 1. The monoisotopic (exact) mass is 214 g/mol. The second-order valence-electron chi connectivity index (χ2n) is 3.30. The van der Waals surface area contributed by atoms with Crippen LogP contribution in [0.25, 0.3) is 21.7 Å². The molecule has 6 nitrogen and oxygen atoms in total. The van der Waals surface area contributed by atoms with E-state index in [0.717, 1.165) is 22.5 Å². The standard InChI is InChI=1S/C10H10N6/c1-7-9(6-13-16-11)10(15-14-7)8-2-4-12-5-3-8/h2-5H,6H2,1H3,(H,14,15). The van der Waals surface area contributed by atoms with Crippen molar-refractivity contribution in [2.75, 3.05) is 0 Å². The van der Waals surface area contributed by atoms with Gasteiger partial charge in [-0.05, 0) is 24.6 Å². The predicted octanol–water partition coefficient (Wildman–Crippen LogP) is 2.59. The van der Waals surface area contributed by atoms with Gasteiger partial charge in [-0.2, -0.15) is 5.10 Å². The van der Waals surface area contributed by atoms with Crippen LogP contribution in [0.5, 0.6) is 0 Å². The Bertz CT molecular complexity index is 523. The molecule has 0 spiro atoms. The highest BCUT2D eigenvalue weighted by Gasteiger charge is 2.10. The molecule has 2 aromatic rings. The van der Waals surface area contributed by atoms with Gasteiger partial charge in [0.05, 0.1) is 12.2 Å². The zero-order valence-electron chi connectivity index (χ0n) is 8.75. The van der Waals surface area contributed by atoms with Gasteiger partial charge in [0.25, 0.3) is 0 Å². The molecule has 0 unspecified atom stereocenters. The molecule has 16 heavy (non-hydrogen) atoms. The third kappa shape index (κ3) is 1.87. The van der Waals surface area contributed by atoms with Crippen LogP contribution >= 0.6 is 0 Å². The highest BCUT2D eigenvalue weighted by molar-refractivity contribution is 5.63. The summed E-state index contributed by atoms with van der Waals surface area (Å²) in [7, 11) is 0. The fourth-order valence-electron chi connectivity index (χ4n) is 1.50. The summed E-state index contributed by atoms with van der Waals surface area (Å²) in [6.45, 7) is 2.20. The zero-order chi connectivity index (χ0) is 11.4. The van der Waals surface area contributed by atoms with Crippen molar-refractivity contribution >= 4 is 0 Å². The van der Waals surface area contributed by atoms with Gasteiger partial charge in [-0.25, -0.2) is 0 Å². The van der Waals surface area contributed by atoms with E-state index in [1.807, 2.05) is 19.1 Å². The minimum absolute atomic E-state index is 0.302. The molecule has 2 aromatic heterocycles. The van der Waals surface area contributed by atoms with Gasteiger partial charge in [0.15, 0.2) is 0 Å². The Labute approximate surface area is 92.0 Å². The molecule has 0 amide bonds. The van der Waals surface area contributed by atoms with Crippen LogP contribution in [-0.2, 0) is 6.54 Å². The molecule has 6 heteroatoms. The summed E-state index contributed by atoms with van der Waals surface area (Å²) in [5.74, 6) is 0. The molecule has 0 atom stereocenters. The maximum atomic E-state index is 8.34. The third-order valence-corrected chi connectivity index (χ3v) is 2.32. The van der Waals surface area contributed by atoms with Gasteiger partial charge in [-0.15, -0.1) is 0 Å².